The van der Waals surface area contributed by atoms with E-state index in [-0.39, 0.29) is 0 Å². The molecule has 0 heteroatoms. The molecule has 0 bridgehead atoms. The maximum atomic E-state index is 2.26. The standard InChI is InChI=1S/C17H16/c1-12-9-10-15(13(2)11-12)17-8-4-6-14-5-3-7-16(14)17/h3-4,6-11H,5H2,1-2H3. The predicted molar refractivity (Wildman–Crippen MR) is 74.1 cm³/mol. The summed E-state index contributed by atoms with van der Waals surface area (Å²) in [6.07, 6.45) is 5.58. The van der Waals surface area contributed by atoms with Crippen LogP contribution in [0.5, 0.6) is 0 Å². The van der Waals surface area contributed by atoms with Crippen molar-refractivity contribution < 1.29 is 0 Å². The van der Waals surface area contributed by atoms with Gasteiger partial charge in [0.2, 0.25) is 0 Å². The van der Waals surface area contributed by atoms with Crippen molar-refractivity contribution in [1.82, 2.24) is 0 Å². The Balaban J connectivity index is 2.22. The summed E-state index contributed by atoms with van der Waals surface area (Å²) in [5, 5.41) is 0. The molecular formula is C17H16. The zero-order valence-corrected chi connectivity index (χ0v) is 10.3. The quantitative estimate of drug-likeness (QED) is 0.662. The molecule has 0 unspecified atom stereocenters. The smallest absolute Gasteiger partial charge is 0.00879 e. The van der Waals surface area contributed by atoms with E-state index in [4.69, 9.17) is 0 Å². The number of rotatable bonds is 1. The second kappa shape index (κ2) is 3.89. The molecule has 0 spiro atoms. The topological polar surface area (TPSA) is 0 Å². The van der Waals surface area contributed by atoms with Crippen molar-refractivity contribution in [2.24, 2.45) is 0 Å². The lowest BCUT2D eigenvalue weighted by Crippen LogP contribution is -1.90. The van der Waals surface area contributed by atoms with Crippen molar-refractivity contribution in [3.63, 3.8) is 0 Å². The fraction of sp³-hybridized carbons (Fsp3) is 0.176. The van der Waals surface area contributed by atoms with Gasteiger partial charge < -0.3 is 0 Å². The van der Waals surface area contributed by atoms with Crippen molar-refractivity contribution in [1.29, 1.82) is 0 Å². The third kappa shape index (κ3) is 1.70. The molecule has 1 aliphatic carbocycles. The lowest BCUT2D eigenvalue weighted by atomic mass is 9.93. The minimum Gasteiger partial charge on any atom is -0.0795 e. The van der Waals surface area contributed by atoms with E-state index in [1.54, 1.807) is 0 Å². The summed E-state index contributed by atoms with van der Waals surface area (Å²) in [5.41, 5.74) is 8.27. The van der Waals surface area contributed by atoms with E-state index < -0.39 is 0 Å². The molecule has 17 heavy (non-hydrogen) atoms. The molecular weight excluding hydrogens is 204 g/mol. The van der Waals surface area contributed by atoms with Crippen LogP contribution in [0.2, 0.25) is 0 Å². The van der Waals surface area contributed by atoms with Gasteiger partial charge in [-0.2, -0.15) is 0 Å². The Morgan fingerprint density at radius 1 is 0.941 bits per heavy atom. The third-order valence-electron chi connectivity index (χ3n) is 3.49. The first-order chi connectivity index (χ1) is 8.25. The molecule has 1 aliphatic rings. The molecule has 0 nitrogen and oxygen atoms in total. The molecule has 0 aliphatic heterocycles. The van der Waals surface area contributed by atoms with Gasteiger partial charge in [-0.1, -0.05) is 54.1 Å². The van der Waals surface area contributed by atoms with Gasteiger partial charge in [0.25, 0.3) is 0 Å². The van der Waals surface area contributed by atoms with Gasteiger partial charge >= 0.3 is 0 Å². The summed E-state index contributed by atoms with van der Waals surface area (Å²) in [5.74, 6) is 0. The Kier molecular flexibility index (Phi) is 2.36. The van der Waals surface area contributed by atoms with Gasteiger partial charge in [-0.3, -0.25) is 0 Å². The van der Waals surface area contributed by atoms with E-state index in [1.807, 2.05) is 0 Å². The minimum atomic E-state index is 1.08. The number of hydrogen-bond acceptors (Lipinski definition) is 0. The van der Waals surface area contributed by atoms with Gasteiger partial charge in [0.1, 0.15) is 0 Å². The van der Waals surface area contributed by atoms with E-state index in [1.165, 1.54) is 33.4 Å². The first kappa shape index (κ1) is 10.3. The monoisotopic (exact) mass is 220 g/mol. The highest BCUT2D eigenvalue weighted by Crippen LogP contribution is 2.33. The predicted octanol–water partition coefficient (Wildman–Crippen LogP) is 4.54. The summed E-state index contributed by atoms with van der Waals surface area (Å²) >= 11 is 0. The molecule has 3 rings (SSSR count). The summed E-state index contributed by atoms with van der Waals surface area (Å²) in [4.78, 5) is 0. The lowest BCUT2D eigenvalue weighted by molar-refractivity contribution is 1.30. The SMILES string of the molecule is Cc1ccc(-c2cccc3c2C=CC3)c(C)c1. The Labute approximate surface area is 103 Å². The molecule has 2 aromatic carbocycles. The molecule has 0 saturated heterocycles. The van der Waals surface area contributed by atoms with E-state index in [0.29, 0.717) is 0 Å². The second-order valence-corrected chi connectivity index (χ2v) is 4.80. The third-order valence-corrected chi connectivity index (χ3v) is 3.49. The van der Waals surface area contributed by atoms with Crippen LogP contribution < -0.4 is 0 Å². The van der Waals surface area contributed by atoms with Gasteiger partial charge in [0.15, 0.2) is 0 Å². The van der Waals surface area contributed by atoms with E-state index >= 15 is 0 Å². The highest BCUT2D eigenvalue weighted by atomic mass is 14.2. The summed E-state index contributed by atoms with van der Waals surface area (Å²) in [7, 11) is 0. The summed E-state index contributed by atoms with van der Waals surface area (Å²) in [6.45, 7) is 4.34. The van der Waals surface area contributed by atoms with Gasteiger partial charge in [0, 0.05) is 0 Å². The van der Waals surface area contributed by atoms with Crippen LogP contribution in [-0.2, 0) is 6.42 Å². The van der Waals surface area contributed by atoms with Crippen molar-refractivity contribution in [2.45, 2.75) is 20.3 Å². The van der Waals surface area contributed by atoms with Gasteiger partial charge in [-0.15, -0.1) is 0 Å². The zero-order chi connectivity index (χ0) is 11.8. The molecule has 2 aromatic rings. The molecule has 0 fully saturated rings. The van der Waals surface area contributed by atoms with E-state index in [0.717, 1.165) is 6.42 Å². The maximum absolute atomic E-state index is 2.26. The van der Waals surface area contributed by atoms with Crippen molar-refractivity contribution in [2.75, 3.05) is 0 Å². The van der Waals surface area contributed by atoms with E-state index in [2.05, 4.69) is 62.4 Å². The average molecular weight is 220 g/mol. The van der Waals surface area contributed by atoms with E-state index in [9.17, 15) is 0 Å². The van der Waals surface area contributed by atoms with Crippen LogP contribution in [0.15, 0.2) is 42.5 Å². The molecule has 0 amide bonds. The Morgan fingerprint density at radius 2 is 1.82 bits per heavy atom. The summed E-state index contributed by atoms with van der Waals surface area (Å²) in [6, 6.07) is 13.3. The number of allylic oxidation sites excluding steroid dienone is 1. The van der Waals surface area contributed by atoms with Crippen LogP contribution in [0.3, 0.4) is 0 Å². The fourth-order valence-corrected chi connectivity index (χ4v) is 2.64. The largest absolute Gasteiger partial charge is 0.0795 e. The van der Waals surface area contributed by atoms with Crippen LogP contribution in [0.25, 0.3) is 17.2 Å². The molecule has 0 saturated carbocycles. The van der Waals surface area contributed by atoms with Crippen molar-refractivity contribution in [3.8, 4) is 11.1 Å². The highest BCUT2D eigenvalue weighted by molar-refractivity contribution is 5.81. The highest BCUT2D eigenvalue weighted by Gasteiger charge is 2.12. The second-order valence-electron chi connectivity index (χ2n) is 4.80. The Bertz CT molecular complexity index is 603. The van der Waals surface area contributed by atoms with Crippen LogP contribution >= 0.6 is 0 Å². The van der Waals surface area contributed by atoms with Crippen LogP contribution in [-0.4, -0.2) is 0 Å². The molecule has 84 valence electrons. The molecule has 0 N–H and O–H groups in total. The van der Waals surface area contributed by atoms with Crippen LogP contribution in [0, 0.1) is 13.8 Å². The Hall–Kier alpha value is -1.82. The normalized spacial score (nSPS) is 12.8. The molecule has 0 aromatic heterocycles. The number of benzene rings is 2. The first-order valence-electron chi connectivity index (χ1n) is 6.12. The molecule has 0 heterocycles. The van der Waals surface area contributed by atoms with Gasteiger partial charge in [-0.25, -0.2) is 0 Å². The number of aryl methyl sites for hydroxylation is 2. The molecule has 0 atom stereocenters. The lowest BCUT2D eigenvalue weighted by Gasteiger charge is -2.11. The first-order valence-corrected chi connectivity index (χ1v) is 6.12. The minimum absolute atomic E-state index is 1.08. The zero-order valence-electron chi connectivity index (χ0n) is 10.3. The number of fused-ring (bicyclic) bond motifs is 1. The van der Waals surface area contributed by atoms with Crippen molar-refractivity contribution in [3.05, 3.63) is 64.7 Å². The fourth-order valence-electron chi connectivity index (χ4n) is 2.64. The van der Waals surface area contributed by atoms with Gasteiger partial charge in [0.05, 0.1) is 0 Å². The number of hydrogen-bond donors (Lipinski definition) is 0. The molecule has 0 radical (unpaired) electrons. The average Bonchev–Trinajstić information content (AvgIpc) is 2.77. The Morgan fingerprint density at radius 3 is 2.65 bits per heavy atom. The maximum Gasteiger partial charge on any atom is -0.00879 e. The van der Waals surface area contributed by atoms with Crippen LogP contribution in [0.1, 0.15) is 22.3 Å². The van der Waals surface area contributed by atoms with Gasteiger partial charge in [-0.05, 0) is 48.1 Å². The van der Waals surface area contributed by atoms with Crippen molar-refractivity contribution >= 4 is 6.08 Å². The summed E-state index contributed by atoms with van der Waals surface area (Å²) < 4.78 is 0. The van der Waals surface area contributed by atoms with Crippen LogP contribution in [0.4, 0.5) is 0 Å².